The molecule has 0 spiro atoms. The number of para-hydroxylation sites is 1. The van der Waals surface area contributed by atoms with E-state index in [1.54, 1.807) is 0 Å². The molecule has 6 nitrogen and oxygen atoms in total. The normalized spacial score (nSPS) is 11.7. The molecule has 0 N–H and O–H groups in total. The Morgan fingerprint density at radius 3 is 2.77 bits per heavy atom. The molecule has 2 aromatic heterocycles. The van der Waals surface area contributed by atoms with Crippen LogP contribution in [0.1, 0.15) is 13.8 Å². The molecule has 0 saturated heterocycles. The van der Waals surface area contributed by atoms with Crippen LogP contribution in [0, 0.1) is 0 Å². The highest BCUT2D eigenvalue weighted by Crippen LogP contribution is 2.30. The van der Waals surface area contributed by atoms with Crippen molar-refractivity contribution in [2.45, 2.75) is 13.8 Å². The fourth-order valence-corrected chi connectivity index (χ4v) is 4.33. The highest BCUT2D eigenvalue weighted by molar-refractivity contribution is 7.21. The van der Waals surface area contributed by atoms with E-state index in [1.807, 2.05) is 42.5 Å². The second-order valence-electron chi connectivity index (χ2n) is 6.82. The van der Waals surface area contributed by atoms with Crippen molar-refractivity contribution in [2.75, 3.05) is 24.6 Å². The molecule has 0 aliphatic carbocycles. The van der Waals surface area contributed by atoms with Crippen molar-refractivity contribution in [2.24, 2.45) is 4.99 Å². The van der Waals surface area contributed by atoms with E-state index in [-0.39, 0.29) is 12.2 Å². The zero-order valence-electron chi connectivity index (χ0n) is 17.5. The lowest BCUT2D eigenvalue weighted by Crippen LogP contribution is -2.21. The number of fused-ring (bicyclic) bond motifs is 2. The van der Waals surface area contributed by atoms with Crippen LogP contribution in [-0.4, -0.2) is 30.8 Å². The fraction of sp³-hybridized carbons (Fsp3) is 0.208. The summed E-state index contributed by atoms with van der Waals surface area (Å²) < 4.78 is 12.2. The van der Waals surface area contributed by atoms with Crippen molar-refractivity contribution < 1.29 is 13.9 Å². The van der Waals surface area contributed by atoms with Crippen LogP contribution in [-0.2, 0) is 4.74 Å². The van der Waals surface area contributed by atoms with Gasteiger partial charge in [-0.2, -0.15) is 0 Å². The molecular weight excluding hydrogens is 410 g/mol. The number of thiazole rings is 1. The number of carbonyl (C=O) groups is 1. The Kier molecular flexibility index (Phi) is 6.13. The van der Waals surface area contributed by atoms with E-state index in [1.165, 1.54) is 17.4 Å². The molecule has 158 valence electrons. The van der Waals surface area contributed by atoms with Crippen molar-refractivity contribution >= 4 is 44.3 Å². The Morgan fingerprint density at radius 2 is 2.03 bits per heavy atom. The van der Waals surface area contributed by atoms with Crippen molar-refractivity contribution in [3.8, 4) is 10.6 Å². The van der Waals surface area contributed by atoms with Gasteiger partial charge >= 0.3 is 6.09 Å². The number of rotatable bonds is 6. The van der Waals surface area contributed by atoms with Crippen LogP contribution in [0.25, 0.3) is 31.8 Å². The van der Waals surface area contributed by atoms with Gasteiger partial charge in [0.05, 0.1) is 15.8 Å². The van der Waals surface area contributed by atoms with Gasteiger partial charge in [0.2, 0.25) is 5.55 Å². The highest BCUT2D eigenvalue weighted by atomic mass is 32.1. The monoisotopic (exact) mass is 433 g/mol. The Hall–Kier alpha value is -3.45. The summed E-state index contributed by atoms with van der Waals surface area (Å²) in [5.41, 5.74) is 3.41. The average Bonchev–Trinajstić information content (AvgIpc) is 3.22. The molecule has 2 aromatic carbocycles. The maximum atomic E-state index is 12.2. The predicted octanol–water partition coefficient (Wildman–Crippen LogP) is 5.78. The third kappa shape index (κ3) is 4.36. The van der Waals surface area contributed by atoms with E-state index < -0.39 is 6.09 Å². The van der Waals surface area contributed by atoms with E-state index in [9.17, 15) is 4.79 Å². The van der Waals surface area contributed by atoms with Crippen LogP contribution >= 0.6 is 11.3 Å². The molecule has 4 rings (SSSR count). The molecule has 2 heterocycles. The van der Waals surface area contributed by atoms with Gasteiger partial charge in [-0.3, -0.25) is 0 Å². The van der Waals surface area contributed by atoms with Gasteiger partial charge in [-0.25, -0.2) is 9.78 Å². The van der Waals surface area contributed by atoms with Gasteiger partial charge in [0, 0.05) is 30.2 Å². The summed E-state index contributed by atoms with van der Waals surface area (Å²) in [6, 6.07) is 15.9. The topological polar surface area (TPSA) is 67.9 Å². The predicted molar refractivity (Wildman–Crippen MR) is 125 cm³/mol. The fourth-order valence-electron chi connectivity index (χ4n) is 3.36. The van der Waals surface area contributed by atoms with Crippen molar-refractivity contribution in [3.05, 3.63) is 66.7 Å². The van der Waals surface area contributed by atoms with E-state index >= 15 is 0 Å². The summed E-state index contributed by atoms with van der Waals surface area (Å²) in [4.78, 5) is 23.2. The van der Waals surface area contributed by atoms with Gasteiger partial charge in [0.15, 0.2) is 0 Å². The van der Waals surface area contributed by atoms with Gasteiger partial charge < -0.3 is 14.1 Å². The quantitative estimate of drug-likeness (QED) is 0.361. The number of anilines is 1. The van der Waals surface area contributed by atoms with E-state index in [2.05, 4.69) is 36.4 Å². The SMILES string of the molecule is C=CCOC(=O)/N=c1\oc2cc(N(CC)CC)ccc2cc1-c1nc2ccccc2s1. The van der Waals surface area contributed by atoms with Gasteiger partial charge in [0.25, 0.3) is 0 Å². The third-order valence-corrected chi connectivity index (χ3v) is 5.97. The number of nitrogens with zero attached hydrogens (tertiary/aromatic N) is 3. The number of ether oxygens (including phenoxy) is 1. The largest absolute Gasteiger partial charge is 0.444 e. The molecule has 1 amide bonds. The van der Waals surface area contributed by atoms with Crippen LogP contribution in [0.15, 0.2) is 70.6 Å². The number of hydrogen-bond donors (Lipinski definition) is 0. The maximum Gasteiger partial charge on any atom is 0.437 e. The molecule has 4 aromatic rings. The number of amides is 1. The van der Waals surface area contributed by atoms with Crippen LogP contribution in [0.5, 0.6) is 0 Å². The number of hydrogen-bond acceptors (Lipinski definition) is 6. The zero-order valence-corrected chi connectivity index (χ0v) is 18.3. The van der Waals surface area contributed by atoms with Crippen LogP contribution in [0.3, 0.4) is 0 Å². The first-order chi connectivity index (χ1) is 15.1. The first kappa shape index (κ1) is 20.8. The minimum atomic E-state index is -0.731. The molecule has 0 unspecified atom stereocenters. The highest BCUT2D eigenvalue weighted by Gasteiger charge is 2.14. The third-order valence-electron chi connectivity index (χ3n) is 4.90. The summed E-state index contributed by atoms with van der Waals surface area (Å²) in [6.07, 6.45) is 0.765. The standard InChI is InChI=1S/C24H23N3O3S/c1-4-13-29-24(28)26-22-18(23-25-19-9-7-8-10-21(19)31-23)14-16-11-12-17(15-20(16)30-22)27(5-2)6-3/h4,7-12,14-15H,1,5-6,13H2,2-3H3/b26-22-. The first-order valence-corrected chi connectivity index (χ1v) is 11.0. The summed E-state index contributed by atoms with van der Waals surface area (Å²) in [7, 11) is 0. The summed E-state index contributed by atoms with van der Waals surface area (Å²) >= 11 is 1.53. The average molecular weight is 434 g/mol. The molecule has 0 fully saturated rings. The second-order valence-corrected chi connectivity index (χ2v) is 7.85. The van der Waals surface area contributed by atoms with Gasteiger partial charge in [0.1, 0.15) is 17.2 Å². The minimum absolute atomic E-state index is 0.0818. The number of aromatic nitrogens is 1. The first-order valence-electron chi connectivity index (χ1n) is 10.1. The summed E-state index contributed by atoms with van der Waals surface area (Å²) in [6.45, 7) is 9.63. The van der Waals surface area contributed by atoms with Crippen molar-refractivity contribution in [1.29, 1.82) is 0 Å². The summed E-state index contributed by atoms with van der Waals surface area (Å²) in [5, 5.41) is 1.64. The molecule has 0 bridgehead atoms. The van der Waals surface area contributed by atoms with Gasteiger partial charge in [-0.15, -0.1) is 16.3 Å². The second kappa shape index (κ2) is 9.14. The minimum Gasteiger partial charge on any atom is -0.444 e. The van der Waals surface area contributed by atoms with Crippen molar-refractivity contribution in [3.63, 3.8) is 0 Å². The molecule has 0 aliphatic heterocycles. The number of carbonyl (C=O) groups excluding carboxylic acids is 1. The Morgan fingerprint density at radius 1 is 1.23 bits per heavy atom. The molecule has 0 aliphatic rings. The Balaban J connectivity index is 1.91. The van der Waals surface area contributed by atoms with E-state index in [0.717, 1.165) is 39.4 Å². The molecular formula is C24H23N3O3S. The van der Waals surface area contributed by atoms with Crippen molar-refractivity contribution in [1.82, 2.24) is 4.98 Å². The van der Waals surface area contributed by atoms with Crippen LogP contribution in [0.4, 0.5) is 10.5 Å². The molecule has 7 heteroatoms. The van der Waals surface area contributed by atoms with Crippen LogP contribution < -0.4 is 10.5 Å². The lowest BCUT2D eigenvalue weighted by Gasteiger charge is -2.21. The Labute approximate surface area is 184 Å². The Bertz CT molecular complexity index is 1290. The molecule has 31 heavy (non-hydrogen) atoms. The molecule has 0 atom stereocenters. The smallest absolute Gasteiger partial charge is 0.437 e. The lowest BCUT2D eigenvalue weighted by molar-refractivity contribution is 0.168. The van der Waals surface area contributed by atoms with Gasteiger partial charge in [-0.05, 0) is 44.2 Å². The summed E-state index contributed by atoms with van der Waals surface area (Å²) in [5.74, 6) is 0. The van der Waals surface area contributed by atoms with E-state index in [4.69, 9.17) is 14.1 Å². The molecule has 0 saturated carbocycles. The maximum absolute atomic E-state index is 12.2. The van der Waals surface area contributed by atoms with Crippen LogP contribution in [0.2, 0.25) is 0 Å². The zero-order chi connectivity index (χ0) is 21.8. The van der Waals surface area contributed by atoms with E-state index in [0.29, 0.717) is 11.1 Å². The van der Waals surface area contributed by atoms with Gasteiger partial charge in [-0.1, -0.05) is 24.8 Å². The lowest BCUT2D eigenvalue weighted by atomic mass is 10.1. The number of benzene rings is 2. The molecule has 0 radical (unpaired) electrons.